The first-order valence-corrected chi connectivity index (χ1v) is 42.5. The molecule has 128 heavy (non-hydrogen) atoms. The number of fused-ring (bicyclic) bond motifs is 2. The van der Waals surface area contributed by atoms with Gasteiger partial charge in [-0.3, -0.25) is 38.4 Å². The van der Waals surface area contributed by atoms with Gasteiger partial charge in [-0.15, -0.1) is 0 Å². The van der Waals surface area contributed by atoms with Crippen LogP contribution in [0.1, 0.15) is 138 Å². The maximum Gasteiger partial charge on any atom is 0.246 e. The standard InChI is InChI=1S/C21H21N3O4.C21H23N3O3.C21H24N2O3.C19H17F2NO3.C18H17F2NO/c1-14(25)23-20-6-2-15(11-22-20)3-7-21(26)24-9-8-17(12-24)16-4-5-18-19(10-16)28-13-27-18;1-15(25)23-20-9-3-16(13-22-20)4-10-21(26)24-12-11-18(14-24)17-5-7-19(27-2)8-6-17;1-15(24)22-19-7-3-16(4-8-19)13-21(25)23-12-11-18(14-23)17-5-9-20(26-2)10-6-17;20-15-3-1-2-13(19(15)21)9-18(23)22-7-6-14(10-22)12-4-5-16-17(8-12)25-11-24-16;19-16-8-4-7-14(18(16)20)11-17(22)21-10-9-15(12-21)13-5-2-1-3-6-13/h2-7,10-11,17H,8-9,12-13H2,1H3,(H,22,23,25);3-10,13,18H,11-12,14H2,1-2H3,(H,22,23,25);3-10,18H,11-14H2,1-2H3,(H,22,24);1-5,8,14H,6-7,9-11H2;1-8,15H,9-12H2/b7-3+;10-4+;;;. The molecule has 0 bridgehead atoms. The van der Waals surface area contributed by atoms with Crippen molar-refractivity contribution in [3.63, 3.8) is 0 Å². The number of carbonyl (C=O) groups is 8. The van der Waals surface area contributed by atoms with Gasteiger partial charge in [0.2, 0.25) is 60.8 Å². The average Bonchev–Trinajstić information content (AvgIpc) is 1.68. The maximum absolute atomic E-state index is 13.7. The Morgan fingerprint density at radius 3 is 1.12 bits per heavy atom. The molecule has 664 valence electrons. The molecule has 8 amide bonds. The highest BCUT2D eigenvalue weighted by Gasteiger charge is 2.34. The minimum absolute atomic E-state index is 0.00282. The minimum Gasteiger partial charge on any atom is -0.497 e. The second kappa shape index (κ2) is 44.1. The summed E-state index contributed by atoms with van der Waals surface area (Å²) < 4.78 is 85.8. The van der Waals surface area contributed by atoms with Crippen LogP contribution in [0.15, 0.2) is 225 Å². The highest BCUT2D eigenvalue weighted by molar-refractivity contribution is 5.94. The van der Waals surface area contributed by atoms with Crippen LogP contribution in [0.5, 0.6) is 34.5 Å². The van der Waals surface area contributed by atoms with Crippen molar-refractivity contribution in [3.8, 4) is 34.5 Å². The first-order valence-electron chi connectivity index (χ1n) is 42.5. The van der Waals surface area contributed by atoms with Gasteiger partial charge in [-0.1, -0.05) is 103 Å². The Morgan fingerprint density at radius 1 is 0.383 bits per heavy atom. The number of nitrogens with zero attached hydrogens (tertiary/aromatic N) is 7. The summed E-state index contributed by atoms with van der Waals surface area (Å²) in [5, 5.41) is 7.95. The summed E-state index contributed by atoms with van der Waals surface area (Å²) in [6, 6.07) is 60.3. The molecule has 17 rings (SSSR count). The molecule has 7 aliphatic heterocycles. The molecule has 28 heteroatoms. The van der Waals surface area contributed by atoms with E-state index >= 15 is 0 Å². The van der Waals surface area contributed by atoms with E-state index in [9.17, 15) is 55.9 Å². The Kier molecular flexibility index (Phi) is 31.5. The molecule has 0 saturated carbocycles. The van der Waals surface area contributed by atoms with E-state index in [1.165, 1.54) is 67.3 Å². The van der Waals surface area contributed by atoms with Crippen molar-refractivity contribution in [2.75, 3.05) is 109 Å². The molecule has 0 radical (unpaired) electrons. The number of carbonyl (C=O) groups excluding carboxylic acids is 8. The fourth-order valence-corrected chi connectivity index (χ4v) is 16.2. The number of halogens is 4. The lowest BCUT2D eigenvalue weighted by Crippen LogP contribution is -2.30. The molecular formula is C100H102F4N10O14. The smallest absolute Gasteiger partial charge is 0.246 e. The van der Waals surface area contributed by atoms with Crippen molar-refractivity contribution in [3.05, 3.63) is 304 Å². The van der Waals surface area contributed by atoms with E-state index in [0.29, 0.717) is 74.5 Å². The summed E-state index contributed by atoms with van der Waals surface area (Å²) in [6.07, 6.45) is 14.6. The van der Waals surface area contributed by atoms with E-state index in [0.717, 1.165) is 139 Å². The molecule has 9 heterocycles. The van der Waals surface area contributed by atoms with Crippen LogP contribution in [-0.2, 0) is 57.6 Å². The SMILES string of the molecule is CC(=O)Nc1ccc(/C=C/C(=O)N2CCC(c3ccc4c(c3)OCO4)C2)cn1.COc1ccc(C2CCN(C(=O)/C=C/c3ccc(NC(C)=O)nc3)C2)cc1.COc1ccc(C2CCN(C(=O)Cc3ccc(NC(C)=O)cc3)C2)cc1.O=C(Cc1cccc(F)c1F)N1CCC(c2ccc3c(c2)OCO3)C1.O=C(Cc1cccc(F)c1F)N1CCC(c2ccccc2)C1. The van der Waals surface area contributed by atoms with E-state index in [4.69, 9.17) is 28.4 Å². The molecule has 0 spiro atoms. The van der Waals surface area contributed by atoms with Gasteiger partial charge in [-0.25, -0.2) is 27.5 Å². The second-order valence-electron chi connectivity index (χ2n) is 32.0. The van der Waals surface area contributed by atoms with Crippen LogP contribution < -0.4 is 44.4 Å². The summed E-state index contributed by atoms with van der Waals surface area (Å²) in [6.45, 7) is 11.7. The van der Waals surface area contributed by atoms with E-state index in [-0.39, 0.29) is 90.7 Å². The van der Waals surface area contributed by atoms with E-state index < -0.39 is 23.3 Å². The van der Waals surface area contributed by atoms with Crippen molar-refractivity contribution in [2.45, 2.75) is 102 Å². The zero-order valence-corrected chi connectivity index (χ0v) is 71.9. The third kappa shape index (κ3) is 25.3. The van der Waals surface area contributed by atoms with Gasteiger partial charge in [0, 0.05) is 157 Å². The summed E-state index contributed by atoms with van der Waals surface area (Å²) in [5.41, 5.74) is 9.48. The van der Waals surface area contributed by atoms with Crippen molar-refractivity contribution < 1.29 is 84.3 Å². The Morgan fingerprint density at radius 2 is 0.742 bits per heavy atom. The van der Waals surface area contributed by atoms with Gasteiger partial charge in [0.25, 0.3) is 0 Å². The van der Waals surface area contributed by atoms with Gasteiger partial charge in [0.1, 0.15) is 23.1 Å². The molecule has 2 aromatic heterocycles. The first kappa shape index (κ1) is 91.5. The van der Waals surface area contributed by atoms with Crippen molar-refractivity contribution in [2.24, 2.45) is 0 Å². The number of nitrogens with one attached hydrogen (secondary N) is 3. The number of aromatic nitrogens is 2. The fourth-order valence-electron chi connectivity index (χ4n) is 16.2. The van der Waals surface area contributed by atoms with Crippen molar-refractivity contribution in [1.82, 2.24) is 34.5 Å². The Hall–Kier alpha value is -14.2. The molecule has 10 aromatic rings. The summed E-state index contributed by atoms with van der Waals surface area (Å²) in [7, 11) is 3.31. The number of benzene rings is 8. The Balaban J connectivity index is 0.000000137. The van der Waals surface area contributed by atoms with Gasteiger partial charge in [-0.05, 0) is 186 Å². The highest BCUT2D eigenvalue weighted by Crippen LogP contribution is 2.40. The van der Waals surface area contributed by atoms with E-state index in [1.807, 2.05) is 124 Å². The summed E-state index contributed by atoms with van der Waals surface area (Å²) in [4.78, 5) is 113. The monoisotopic (exact) mass is 1740 g/mol. The topological polar surface area (TPSA) is 270 Å². The van der Waals surface area contributed by atoms with E-state index in [2.05, 4.69) is 62.3 Å². The quantitative estimate of drug-likeness (QED) is 0.0473. The number of likely N-dealkylation sites (tertiary alicyclic amines) is 5. The number of hydrogen-bond donors (Lipinski definition) is 3. The molecule has 5 saturated heterocycles. The molecule has 7 aliphatic rings. The lowest BCUT2D eigenvalue weighted by atomic mass is 9.98. The van der Waals surface area contributed by atoms with Crippen LogP contribution in [0.3, 0.4) is 0 Å². The number of rotatable bonds is 20. The van der Waals surface area contributed by atoms with Gasteiger partial charge >= 0.3 is 0 Å². The third-order valence-corrected chi connectivity index (χ3v) is 23.2. The van der Waals surface area contributed by atoms with Gasteiger partial charge in [-0.2, -0.15) is 0 Å². The van der Waals surface area contributed by atoms with Crippen LogP contribution in [0.4, 0.5) is 34.9 Å². The number of anilines is 3. The van der Waals surface area contributed by atoms with Crippen LogP contribution in [0, 0.1) is 23.3 Å². The van der Waals surface area contributed by atoms with Gasteiger partial charge < -0.3 is 68.9 Å². The summed E-state index contributed by atoms with van der Waals surface area (Å²) in [5.74, 6) is 2.89. The van der Waals surface area contributed by atoms with Crippen molar-refractivity contribution in [1.29, 1.82) is 0 Å². The largest absolute Gasteiger partial charge is 0.497 e. The van der Waals surface area contributed by atoms with E-state index in [1.54, 1.807) is 78.9 Å². The predicted molar refractivity (Wildman–Crippen MR) is 477 cm³/mol. The molecule has 3 N–H and O–H groups in total. The number of ether oxygens (including phenoxy) is 6. The van der Waals surface area contributed by atoms with Gasteiger partial charge in [0.15, 0.2) is 46.3 Å². The third-order valence-electron chi connectivity index (χ3n) is 23.2. The van der Waals surface area contributed by atoms with Crippen LogP contribution >= 0.6 is 0 Å². The molecule has 5 atom stereocenters. The van der Waals surface area contributed by atoms with Crippen molar-refractivity contribution >= 4 is 76.7 Å². The maximum atomic E-state index is 13.7. The van der Waals surface area contributed by atoms with Crippen LogP contribution in [0.25, 0.3) is 12.2 Å². The predicted octanol–water partition coefficient (Wildman–Crippen LogP) is 15.9. The Labute approximate surface area is 740 Å². The molecular weight excluding hydrogens is 1640 g/mol. The fraction of sp³-hybridized carbons (Fsp3) is 0.300. The number of methoxy groups -OCH3 is 2. The minimum atomic E-state index is -0.942. The normalized spacial score (nSPS) is 17.4. The summed E-state index contributed by atoms with van der Waals surface area (Å²) >= 11 is 0. The average molecular weight is 1740 g/mol. The zero-order chi connectivity index (χ0) is 90.2. The van der Waals surface area contributed by atoms with Crippen LogP contribution in [-0.4, -0.2) is 175 Å². The Bertz CT molecular complexity index is 5620. The highest BCUT2D eigenvalue weighted by atomic mass is 19.2. The first-order chi connectivity index (χ1) is 61.9. The second-order valence-corrected chi connectivity index (χ2v) is 32.0. The number of pyridine rings is 2. The van der Waals surface area contributed by atoms with Crippen LogP contribution in [0.2, 0.25) is 0 Å². The molecule has 0 aliphatic carbocycles. The number of hydrogen-bond acceptors (Lipinski definition) is 16. The number of amides is 8. The molecule has 24 nitrogen and oxygen atoms in total. The lowest BCUT2D eigenvalue weighted by Gasteiger charge is -2.17. The molecule has 8 aromatic carbocycles. The molecule has 5 unspecified atom stereocenters. The van der Waals surface area contributed by atoms with Gasteiger partial charge in [0.05, 0.1) is 33.5 Å². The molecule has 5 fully saturated rings. The zero-order valence-electron chi connectivity index (χ0n) is 71.9. The lowest BCUT2D eigenvalue weighted by molar-refractivity contribution is -0.130.